The van der Waals surface area contributed by atoms with Gasteiger partial charge in [-0.3, -0.25) is 9.69 Å². The largest absolute Gasteiger partial charge is 0.369 e. The fourth-order valence-corrected chi connectivity index (χ4v) is 3.37. The standard InChI is InChI=1S/C20H23N7O/c28-20(17-5-4-8-19(15-17)27-16-22-23-24-27)21-9-10-25-11-13-26(14-12-25)18-6-2-1-3-7-18/h1-8,15-16H,9-14H2,(H,21,28). The zero-order valence-corrected chi connectivity index (χ0v) is 15.6. The number of aromatic nitrogens is 4. The fourth-order valence-electron chi connectivity index (χ4n) is 3.37. The third-order valence-corrected chi connectivity index (χ3v) is 4.93. The summed E-state index contributed by atoms with van der Waals surface area (Å²) in [5, 5.41) is 14.1. The molecular weight excluding hydrogens is 354 g/mol. The quantitative estimate of drug-likeness (QED) is 0.696. The Morgan fingerprint density at radius 1 is 0.964 bits per heavy atom. The number of hydrogen-bond acceptors (Lipinski definition) is 6. The van der Waals surface area contributed by atoms with Gasteiger partial charge in [-0.15, -0.1) is 5.10 Å². The molecule has 1 N–H and O–H groups in total. The highest BCUT2D eigenvalue weighted by molar-refractivity contribution is 5.94. The highest BCUT2D eigenvalue weighted by Crippen LogP contribution is 2.15. The van der Waals surface area contributed by atoms with Crippen molar-refractivity contribution in [3.8, 4) is 5.69 Å². The zero-order chi connectivity index (χ0) is 19.2. The Kier molecular flexibility index (Phi) is 5.58. The predicted octanol–water partition coefficient (Wildman–Crippen LogP) is 1.21. The summed E-state index contributed by atoms with van der Waals surface area (Å²) < 4.78 is 1.53. The van der Waals surface area contributed by atoms with E-state index in [1.807, 2.05) is 18.2 Å². The van der Waals surface area contributed by atoms with Crippen molar-refractivity contribution in [2.75, 3.05) is 44.2 Å². The molecule has 0 bridgehead atoms. The highest BCUT2D eigenvalue weighted by atomic mass is 16.1. The first kappa shape index (κ1) is 18.1. The number of rotatable bonds is 6. The first-order valence-corrected chi connectivity index (χ1v) is 9.43. The summed E-state index contributed by atoms with van der Waals surface area (Å²) in [6.07, 6.45) is 1.51. The lowest BCUT2D eigenvalue weighted by atomic mass is 10.2. The summed E-state index contributed by atoms with van der Waals surface area (Å²) in [6, 6.07) is 17.8. The van der Waals surface area contributed by atoms with E-state index >= 15 is 0 Å². The molecule has 0 atom stereocenters. The number of amides is 1. The van der Waals surface area contributed by atoms with Crippen LogP contribution in [0.15, 0.2) is 60.9 Å². The second-order valence-electron chi connectivity index (χ2n) is 6.72. The molecule has 1 fully saturated rings. The van der Waals surface area contributed by atoms with Gasteiger partial charge in [0.1, 0.15) is 6.33 Å². The molecule has 1 aliphatic heterocycles. The minimum atomic E-state index is -0.0853. The Morgan fingerprint density at radius 2 is 1.75 bits per heavy atom. The van der Waals surface area contributed by atoms with Crippen molar-refractivity contribution in [1.82, 2.24) is 30.4 Å². The summed E-state index contributed by atoms with van der Waals surface area (Å²) in [4.78, 5) is 17.2. The van der Waals surface area contributed by atoms with Crippen LogP contribution in [0.2, 0.25) is 0 Å². The van der Waals surface area contributed by atoms with Crippen LogP contribution in [-0.4, -0.2) is 70.3 Å². The number of carbonyl (C=O) groups excluding carboxylic acids is 1. The lowest BCUT2D eigenvalue weighted by Gasteiger charge is -2.36. The van der Waals surface area contributed by atoms with Crippen LogP contribution < -0.4 is 10.2 Å². The molecule has 2 heterocycles. The summed E-state index contributed by atoms with van der Waals surface area (Å²) >= 11 is 0. The van der Waals surface area contributed by atoms with Gasteiger partial charge in [0, 0.05) is 50.5 Å². The zero-order valence-electron chi connectivity index (χ0n) is 15.6. The Balaban J connectivity index is 1.24. The van der Waals surface area contributed by atoms with Crippen molar-refractivity contribution in [1.29, 1.82) is 0 Å². The smallest absolute Gasteiger partial charge is 0.251 e. The Bertz CT molecular complexity index is 890. The van der Waals surface area contributed by atoms with E-state index in [9.17, 15) is 4.79 Å². The summed E-state index contributed by atoms with van der Waals surface area (Å²) in [6.45, 7) is 5.48. The molecule has 8 heteroatoms. The molecule has 28 heavy (non-hydrogen) atoms. The van der Waals surface area contributed by atoms with Gasteiger partial charge in [-0.2, -0.15) is 0 Å². The fraction of sp³-hybridized carbons (Fsp3) is 0.300. The first-order valence-electron chi connectivity index (χ1n) is 9.43. The van der Waals surface area contributed by atoms with E-state index in [0.717, 1.165) is 38.4 Å². The minimum absolute atomic E-state index is 0.0853. The summed E-state index contributed by atoms with van der Waals surface area (Å²) in [5.74, 6) is -0.0853. The number of para-hydroxylation sites is 1. The van der Waals surface area contributed by atoms with Crippen molar-refractivity contribution in [3.05, 3.63) is 66.5 Å². The Labute approximate surface area is 163 Å². The van der Waals surface area contributed by atoms with Gasteiger partial charge in [0.2, 0.25) is 0 Å². The number of benzene rings is 2. The average molecular weight is 377 g/mol. The van der Waals surface area contributed by atoms with Gasteiger partial charge in [-0.1, -0.05) is 24.3 Å². The highest BCUT2D eigenvalue weighted by Gasteiger charge is 2.17. The van der Waals surface area contributed by atoms with Crippen molar-refractivity contribution < 1.29 is 4.79 Å². The molecule has 0 spiro atoms. The number of hydrogen-bond donors (Lipinski definition) is 1. The number of anilines is 1. The van der Waals surface area contributed by atoms with Gasteiger partial charge in [-0.05, 0) is 40.8 Å². The molecular formula is C20H23N7O. The molecule has 1 aliphatic rings. The first-order chi connectivity index (χ1) is 13.8. The van der Waals surface area contributed by atoms with Crippen molar-refractivity contribution >= 4 is 11.6 Å². The third-order valence-electron chi connectivity index (χ3n) is 4.93. The molecule has 1 aromatic heterocycles. The van der Waals surface area contributed by atoms with Crippen molar-refractivity contribution in [2.45, 2.75) is 0 Å². The molecule has 0 unspecified atom stereocenters. The summed E-state index contributed by atoms with van der Waals surface area (Å²) in [7, 11) is 0. The number of nitrogens with zero attached hydrogens (tertiary/aromatic N) is 6. The second-order valence-corrected chi connectivity index (χ2v) is 6.72. The van der Waals surface area contributed by atoms with Crippen molar-refractivity contribution in [3.63, 3.8) is 0 Å². The molecule has 4 rings (SSSR count). The molecule has 0 radical (unpaired) electrons. The van der Waals surface area contributed by atoms with E-state index in [-0.39, 0.29) is 5.91 Å². The molecule has 0 aliphatic carbocycles. The van der Waals surface area contributed by atoms with Gasteiger partial charge >= 0.3 is 0 Å². The lowest BCUT2D eigenvalue weighted by molar-refractivity contribution is 0.0947. The van der Waals surface area contributed by atoms with E-state index in [1.54, 1.807) is 12.1 Å². The minimum Gasteiger partial charge on any atom is -0.369 e. The van der Waals surface area contributed by atoms with E-state index < -0.39 is 0 Å². The van der Waals surface area contributed by atoms with Crippen LogP contribution in [0.3, 0.4) is 0 Å². The van der Waals surface area contributed by atoms with E-state index in [1.165, 1.54) is 16.7 Å². The third kappa shape index (κ3) is 4.34. The molecule has 8 nitrogen and oxygen atoms in total. The molecule has 3 aromatic rings. The van der Waals surface area contributed by atoms with E-state index in [2.05, 4.69) is 54.9 Å². The molecule has 1 saturated heterocycles. The van der Waals surface area contributed by atoms with Crippen LogP contribution in [0, 0.1) is 0 Å². The molecule has 2 aromatic carbocycles. The van der Waals surface area contributed by atoms with Gasteiger partial charge in [0.15, 0.2) is 0 Å². The van der Waals surface area contributed by atoms with E-state index in [0.29, 0.717) is 12.1 Å². The normalized spacial score (nSPS) is 14.8. The maximum absolute atomic E-state index is 12.4. The van der Waals surface area contributed by atoms with Crippen LogP contribution in [0.4, 0.5) is 5.69 Å². The number of tetrazole rings is 1. The van der Waals surface area contributed by atoms with Gasteiger partial charge < -0.3 is 10.2 Å². The molecule has 1 amide bonds. The average Bonchev–Trinajstić information content (AvgIpc) is 3.30. The predicted molar refractivity (Wildman–Crippen MR) is 107 cm³/mol. The monoisotopic (exact) mass is 377 g/mol. The Hall–Kier alpha value is -3.26. The lowest BCUT2D eigenvalue weighted by Crippen LogP contribution is -2.48. The number of piperazine rings is 1. The Morgan fingerprint density at radius 3 is 2.50 bits per heavy atom. The van der Waals surface area contributed by atoms with E-state index in [4.69, 9.17) is 0 Å². The maximum atomic E-state index is 12.4. The summed E-state index contributed by atoms with van der Waals surface area (Å²) in [5.41, 5.74) is 2.63. The second kappa shape index (κ2) is 8.62. The van der Waals surface area contributed by atoms with Gasteiger partial charge in [0.25, 0.3) is 5.91 Å². The van der Waals surface area contributed by atoms with Crippen LogP contribution in [0.1, 0.15) is 10.4 Å². The van der Waals surface area contributed by atoms with Crippen LogP contribution in [0.25, 0.3) is 5.69 Å². The van der Waals surface area contributed by atoms with Gasteiger partial charge in [-0.25, -0.2) is 4.68 Å². The number of carbonyl (C=O) groups is 1. The number of nitrogens with one attached hydrogen (secondary N) is 1. The van der Waals surface area contributed by atoms with Crippen LogP contribution in [0.5, 0.6) is 0 Å². The molecule has 144 valence electrons. The van der Waals surface area contributed by atoms with Crippen molar-refractivity contribution in [2.24, 2.45) is 0 Å². The maximum Gasteiger partial charge on any atom is 0.251 e. The van der Waals surface area contributed by atoms with Gasteiger partial charge in [0.05, 0.1) is 5.69 Å². The van der Waals surface area contributed by atoms with Crippen LogP contribution in [-0.2, 0) is 0 Å². The SMILES string of the molecule is O=C(NCCN1CCN(c2ccccc2)CC1)c1cccc(-n2cnnn2)c1. The molecule has 0 saturated carbocycles. The topological polar surface area (TPSA) is 79.2 Å². The van der Waals surface area contributed by atoms with Crippen LogP contribution >= 0.6 is 0 Å².